The summed E-state index contributed by atoms with van der Waals surface area (Å²) in [4.78, 5) is 0. The number of halogens is 1. The number of hydrogen-bond donors (Lipinski definition) is 1. The van der Waals surface area contributed by atoms with E-state index in [2.05, 4.69) is 5.32 Å². The van der Waals surface area contributed by atoms with Gasteiger partial charge in [-0.05, 0) is 19.9 Å². The Morgan fingerprint density at radius 3 is 2.69 bits per heavy atom. The third-order valence-corrected chi connectivity index (χ3v) is 3.29. The van der Waals surface area contributed by atoms with E-state index in [1.54, 1.807) is 0 Å². The van der Waals surface area contributed by atoms with E-state index in [0.717, 1.165) is 6.54 Å². The van der Waals surface area contributed by atoms with Crippen LogP contribution in [0, 0.1) is 0 Å². The number of ether oxygens (including phenoxy) is 1. The van der Waals surface area contributed by atoms with E-state index in [-0.39, 0.29) is 5.75 Å². The summed E-state index contributed by atoms with van der Waals surface area (Å²) in [5.74, 6) is -0.109. The second kappa shape index (κ2) is 4.13. The molecule has 4 nitrogen and oxygen atoms in total. The predicted molar refractivity (Wildman–Crippen MR) is 51.5 cm³/mol. The maximum absolute atomic E-state index is 10.9. The first kappa shape index (κ1) is 11.2. The topological polar surface area (TPSA) is 55.4 Å². The first-order valence-corrected chi connectivity index (χ1v) is 6.72. The molecule has 13 heavy (non-hydrogen) atoms. The van der Waals surface area contributed by atoms with Crippen molar-refractivity contribution in [3.63, 3.8) is 0 Å². The predicted octanol–water partition coefficient (Wildman–Crippen LogP) is 0.324. The maximum atomic E-state index is 10.9. The molecule has 0 amide bonds. The molecule has 1 heterocycles. The van der Waals surface area contributed by atoms with E-state index in [0.29, 0.717) is 19.6 Å². The number of rotatable bonds is 4. The summed E-state index contributed by atoms with van der Waals surface area (Å²) in [5.41, 5.74) is -0.602. The van der Waals surface area contributed by atoms with Gasteiger partial charge in [0.1, 0.15) is 0 Å². The highest BCUT2D eigenvalue weighted by molar-refractivity contribution is 8.13. The molecule has 0 saturated carbocycles. The lowest BCUT2D eigenvalue weighted by atomic mass is 10.1. The largest absolute Gasteiger partial charge is 0.373 e. The standard InChI is InChI=1S/C7H14ClNO3S/c1-2-12-7(3-4-9-5-7)6-13(8,10)11/h9H,2-6H2,1H3. The van der Waals surface area contributed by atoms with Crippen molar-refractivity contribution in [2.75, 3.05) is 25.4 Å². The van der Waals surface area contributed by atoms with Gasteiger partial charge >= 0.3 is 0 Å². The number of nitrogens with one attached hydrogen (secondary N) is 1. The molecule has 0 spiro atoms. The molecular weight excluding hydrogens is 214 g/mol. The molecule has 6 heteroatoms. The van der Waals surface area contributed by atoms with Crippen molar-refractivity contribution >= 4 is 19.7 Å². The van der Waals surface area contributed by atoms with Gasteiger partial charge in [0.15, 0.2) is 0 Å². The molecule has 1 unspecified atom stereocenters. The molecule has 1 saturated heterocycles. The van der Waals surface area contributed by atoms with Gasteiger partial charge in [-0.1, -0.05) is 0 Å². The highest BCUT2D eigenvalue weighted by atomic mass is 35.7. The van der Waals surface area contributed by atoms with Gasteiger partial charge in [-0.25, -0.2) is 8.42 Å². The molecule has 1 N–H and O–H groups in total. The highest BCUT2D eigenvalue weighted by Gasteiger charge is 2.38. The minimum atomic E-state index is -3.48. The van der Waals surface area contributed by atoms with Gasteiger partial charge in [0.05, 0.1) is 11.4 Å². The highest BCUT2D eigenvalue weighted by Crippen LogP contribution is 2.23. The van der Waals surface area contributed by atoms with Crippen LogP contribution in [0.25, 0.3) is 0 Å². The molecule has 1 atom stereocenters. The Kier molecular flexibility index (Phi) is 3.57. The third kappa shape index (κ3) is 3.42. The van der Waals surface area contributed by atoms with E-state index >= 15 is 0 Å². The van der Waals surface area contributed by atoms with Gasteiger partial charge in [0.2, 0.25) is 9.05 Å². The van der Waals surface area contributed by atoms with Crippen LogP contribution in [0.1, 0.15) is 13.3 Å². The van der Waals surface area contributed by atoms with Gasteiger partial charge in [-0.3, -0.25) is 0 Å². The van der Waals surface area contributed by atoms with Crippen LogP contribution in [0.15, 0.2) is 0 Å². The minimum absolute atomic E-state index is 0.109. The molecule has 0 aromatic carbocycles. The van der Waals surface area contributed by atoms with Gasteiger partial charge in [0, 0.05) is 23.8 Å². The Balaban J connectivity index is 2.67. The summed E-state index contributed by atoms with van der Waals surface area (Å²) < 4.78 is 27.3. The van der Waals surface area contributed by atoms with E-state index in [9.17, 15) is 8.42 Å². The molecule has 78 valence electrons. The molecule has 1 rings (SSSR count). The Morgan fingerprint density at radius 2 is 2.31 bits per heavy atom. The lowest BCUT2D eigenvalue weighted by Crippen LogP contribution is -2.41. The second-order valence-electron chi connectivity index (χ2n) is 3.23. The van der Waals surface area contributed by atoms with Gasteiger partial charge < -0.3 is 10.1 Å². The van der Waals surface area contributed by atoms with E-state index in [4.69, 9.17) is 15.4 Å². The van der Waals surface area contributed by atoms with Crippen LogP contribution in [0.4, 0.5) is 0 Å². The van der Waals surface area contributed by atoms with Crippen molar-refractivity contribution in [1.29, 1.82) is 0 Å². The third-order valence-electron chi connectivity index (χ3n) is 2.09. The molecule has 0 aromatic heterocycles. The molecule has 1 aliphatic rings. The summed E-state index contributed by atoms with van der Waals surface area (Å²) in [7, 11) is 1.72. The van der Waals surface area contributed by atoms with Crippen molar-refractivity contribution in [2.24, 2.45) is 0 Å². The zero-order valence-corrected chi connectivity index (χ0v) is 9.12. The summed E-state index contributed by atoms with van der Waals surface area (Å²) in [6.45, 7) is 3.70. The smallest absolute Gasteiger partial charge is 0.235 e. The molecule has 0 aliphatic carbocycles. The Bertz CT molecular complexity index is 259. The zero-order chi connectivity index (χ0) is 9.95. The summed E-state index contributed by atoms with van der Waals surface area (Å²) >= 11 is 0. The van der Waals surface area contributed by atoms with E-state index < -0.39 is 14.7 Å². The normalized spacial score (nSPS) is 29.4. The first-order chi connectivity index (χ1) is 5.97. The molecule has 1 aliphatic heterocycles. The van der Waals surface area contributed by atoms with Crippen LogP contribution >= 0.6 is 10.7 Å². The summed E-state index contributed by atoms with van der Waals surface area (Å²) in [5, 5.41) is 3.07. The molecule has 0 radical (unpaired) electrons. The van der Waals surface area contributed by atoms with Crippen molar-refractivity contribution < 1.29 is 13.2 Å². The molecule has 0 bridgehead atoms. The SMILES string of the molecule is CCOC1(CS(=O)(=O)Cl)CCNC1. The fourth-order valence-electron chi connectivity index (χ4n) is 1.63. The van der Waals surface area contributed by atoms with Crippen molar-refractivity contribution in [2.45, 2.75) is 18.9 Å². The lowest BCUT2D eigenvalue weighted by Gasteiger charge is -2.26. The molecule has 0 aromatic rings. The van der Waals surface area contributed by atoms with Crippen LogP contribution in [0.3, 0.4) is 0 Å². The monoisotopic (exact) mass is 227 g/mol. The zero-order valence-electron chi connectivity index (χ0n) is 7.55. The van der Waals surface area contributed by atoms with Crippen LogP contribution < -0.4 is 5.32 Å². The molecule has 1 fully saturated rings. The van der Waals surface area contributed by atoms with Gasteiger partial charge in [-0.2, -0.15) is 0 Å². The average Bonchev–Trinajstić information content (AvgIpc) is 2.33. The van der Waals surface area contributed by atoms with Crippen molar-refractivity contribution in [3.8, 4) is 0 Å². The van der Waals surface area contributed by atoms with E-state index in [1.165, 1.54) is 0 Å². The van der Waals surface area contributed by atoms with Crippen molar-refractivity contribution in [1.82, 2.24) is 5.32 Å². The van der Waals surface area contributed by atoms with Crippen molar-refractivity contribution in [3.05, 3.63) is 0 Å². The van der Waals surface area contributed by atoms with Gasteiger partial charge in [-0.15, -0.1) is 0 Å². The van der Waals surface area contributed by atoms with Crippen LogP contribution in [-0.4, -0.2) is 39.5 Å². The minimum Gasteiger partial charge on any atom is -0.373 e. The maximum Gasteiger partial charge on any atom is 0.235 e. The fourth-order valence-corrected chi connectivity index (χ4v) is 3.18. The second-order valence-corrected chi connectivity index (χ2v) is 6.00. The number of hydrogen-bond acceptors (Lipinski definition) is 4. The molecular formula is C7H14ClNO3S. The van der Waals surface area contributed by atoms with E-state index in [1.807, 2.05) is 6.92 Å². The Morgan fingerprint density at radius 1 is 1.62 bits per heavy atom. The van der Waals surface area contributed by atoms with Gasteiger partial charge in [0.25, 0.3) is 0 Å². The van der Waals surface area contributed by atoms with Crippen LogP contribution in [0.5, 0.6) is 0 Å². The fraction of sp³-hybridized carbons (Fsp3) is 1.00. The van der Waals surface area contributed by atoms with Crippen LogP contribution in [-0.2, 0) is 13.8 Å². The lowest BCUT2D eigenvalue weighted by molar-refractivity contribution is -0.00546. The van der Waals surface area contributed by atoms with Crippen LogP contribution in [0.2, 0.25) is 0 Å². The average molecular weight is 228 g/mol. The summed E-state index contributed by atoms with van der Waals surface area (Å²) in [6.07, 6.45) is 0.701. The Hall–Kier alpha value is 0.160. The summed E-state index contributed by atoms with van der Waals surface area (Å²) in [6, 6.07) is 0. The quantitative estimate of drug-likeness (QED) is 0.703. The first-order valence-electron chi connectivity index (χ1n) is 4.24. The Labute approximate surface area is 83.0 Å².